The zero-order chi connectivity index (χ0) is 31.6. The lowest BCUT2D eigenvalue weighted by atomic mass is 9.83. The van der Waals surface area contributed by atoms with E-state index in [1.165, 1.54) is 98.0 Å². The Labute approximate surface area is 279 Å². The molecule has 0 heterocycles. The smallest absolute Gasteiger partial charge is 0.00199 e. The van der Waals surface area contributed by atoms with E-state index in [4.69, 9.17) is 0 Å². The predicted molar refractivity (Wildman–Crippen MR) is 208 cm³/mol. The van der Waals surface area contributed by atoms with Crippen LogP contribution in [-0.2, 0) is 0 Å². The molecule has 10 aromatic rings. The van der Waals surface area contributed by atoms with E-state index in [2.05, 4.69) is 182 Å². The highest BCUT2D eigenvalue weighted by Crippen LogP contribution is 2.47. The van der Waals surface area contributed by atoms with Crippen molar-refractivity contribution in [3.05, 3.63) is 182 Å². The molecule has 0 amide bonds. The Balaban J connectivity index is 1.25. The Kier molecular flexibility index (Phi) is 5.98. The van der Waals surface area contributed by atoms with Gasteiger partial charge in [-0.25, -0.2) is 0 Å². The molecule has 0 fully saturated rings. The minimum Gasteiger partial charge on any atom is -0.0616 e. The van der Waals surface area contributed by atoms with Gasteiger partial charge in [0.2, 0.25) is 0 Å². The summed E-state index contributed by atoms with van der Waals surface area (Å²) in [5, 5.41) is 15.4. The van der Waals surface area contributed by atoms with Crippen LogP contribution in [0, 0.1) is 0 Å². The maximum atomic E-state index is 2.43. The molecular formula is C48H30. The van der Waals surface area contributed by atoms with Crippen molar-refractivity contribution >= 4 is 64.6 Å². The highest BCUT2D eigenvalue weighted by Gasteiger charge is 2.19. The van der Waals surface area contributed by atoms with Crippen LogP contribution in [0.15, 0.2) is 182 Å². The average Bonchev–Trinajstić information content (AvgIpc) is 3.16. The summed E-state index contributed by atoms with van der Waals surface area (Å²) in [6.07, 6.45) is 0. The lowest BCUT2D eigenvalue weighted by Crippen LogP contribution is -1.92. The highest BCUT2D eigenvalue weighted by molar-refractivity contribution is 6.28. The SMILES string of the molecule is c1ccc2c(-c3ccc(-c4c5ccccc5c(-c5cc6ccc7ccccc7c6c6ccccc56)c5ccccc45)cc3)cccc2c1. The molecule has 0 aromatic heterocycles. The lowest BCUT2D eigenvalue weighted by molar-refractivity contribution is 1.63. The summed E-state index contributed by atoms with van der Waals surface area (Å²) < 4.78 is 0. The van der Waals surface area contributed by atoms with Crippen molar-refractivity contribution in [1.29, 1.82) is 0 Å². The first kappa shape index (κ1) is 26.9. The van der Waals surface area contributed by atoms with Crippen molar-refractivity contribution in [3.63, 3.8) is 0 Å². The molecule has 0 spiro atoms. The summed E-state index contributed by atoms with van der Waals surface area (Å²) in [5.41, 5.74) is 7.58. The molecule has 10 aromatic carbocycles. The lowest BCUT2D eigenvalue weighted by Gasteiger charge is -2.20. The molecule has 0 aliphatic carbocycles. The van der Waals surface area contributed by atoms with Gasteiger partial charge in [0, 0.05) is 0 Å². The number of benzene rings is 10. The summed E-state index contributed by atoms with van der Waals surface area (Å²) in [6.45, 7) is 0. The Morgan fingerprint density at radius 2 is 0.688 bits per heavy atom. The van der Waals surface area contributed by atoms with Crippen LogP contribution in [0.25, 0.3) is 98.0 Å². The monoisotopic (exact) mass is 606 g/mol. The predicted octanol–water partition coefficient (Wildman–Crippen LogP) is 13.6. The zero-order valence-corrected chi connectivity index (χ0v) is 26.3. The Morgan fingerprint density at radius 1 is 0.229 bits per heavy atom. The van der Waals surface area contributed by atoms with Gasteiger partial charge < -0.3 is 0 Å². The zero-order valence-electron chi connectivity index (χ0n) is 26.3. The molecule has 10 rings (SSSR count). The molecule has 0 saturated heterocycles. The fourth-order valence-electron chi connectivity index (χ4n) is 8.11. The normalized spacial score (nSPS) is 11.8. The van der Waals surface area contributed by atoms with Crippen LogP contribution >= 0.6 is 0 Å². The Hall–Kier alpha value is -6.24. The second-order valence-electron chi connectivity index (χ2n) is 12.8. The van der Waals surface area contributed by atoms with Crippen molar-refractivity contribution in [3.8, 4) is 33.4 Å². The molecular weight excluding hydrogens is 577 g/mol. The number of rotatable bonds is 3. The van der Waals surface area contributed by atoms with Crippen molar-refractivity contribution in [1.82, 2.24) is 0 Å². The third-order valence-electron chi connectivity index (χ3n) is 10.2. The second kappa shape index (κ2) is 10.7. The maximum absolute atomic E-state index is 2.43. The second-order valence-corrected chi connectivity index (χ2v) is 12.8. The highest BCUT2D eigenvalue weighted by atomic mass is 14.2. The van der Waals surface area contributed by atoms with E-state index in [0.717, 1.165) is 0 Å². The van der Waals surface area contributed by atoms with Gasteiger partial charge >= 0.3 is 0 Å². The van der Waals surface area contributed by atoms with E-state index in [9.17, 15) is 0 Å². The number of fused-ring (bicyclic) bond motifs is 8. The molecule has 0 saturated carbocycles. The molecule has 0 radical (unpaired) electrons. The summed E-state index contributed by atoms with van der Waals surface area (Å²) in [4.78, 5) is 0. The van der Waals surface area contributed by atoms with Crippen LogP contribution in [0.1, 0.15) is 0 Å². The van der Waals surface area contributed by atoms with Crippen molar-refractivity contribution in [2.75, 3.05) is 0 Å². The largest absolute Gasteiger partial charge is 0.0616 e. The molecule has 0 atom stereocenters. The molecule has 48 heavy (non-hydrogen) atoms. The first-order chi connectivity index (χ1) is 23.8. The first-order valence-electron chi connectivity index (χ1n) is 16.7. The van der Waals surface area contributed by atoms with Gasteiger partial charge in [-0.2, -0.15) is 0 Å². The topological polar surface area (TPSA) is 0 Å². The van der Waals surface area contributed by atoms with Gasteiger partial charge in [0.1, 0.15) is 0 Å². The van der Waals surface area contributed by atoms with Gasteiger partial charge in [0.15, 0.2) is 0 Å². The van der Waals surface area contributed by atoms with E-state index in [-0.39, 0.29) is 0 Å². The molecule has 0 aliphatic rings. The van der Waals surface area contributed by atoms with E-state index in [0.29, 0.717) is 0 Å². The van der Waals surface area contributed by atoms with Crippen molar-refractivity contribution in [2.45, 2.75) is 0 Å². The van der Waals surface area contributed by atoms with Crippen LogP contribution < -0.4 is 0 Å². The van der Waals surface area contributed by atoms with Crippen LogP contribution in [0.2, 0.25) is 0 Å². The third kappa shape index (κ3) is 4.03. The maximum Gasteiger partial charge on any atom is -0.00199 e. The molecule has 0 bridgehead atoms. The summed E-state index contributed by atoms with van der Waals surface area (Å²) >= 11 is 0. The number of hydrogen-bond acceptors (Lipinski definition) is 0. The standard InChI is InChI=1S/C48H30/c1-3-15-36-31(12-1)14-11-23-37(36)33-24-27-34(28-25-33)46-41-19-7-9-21-43(41)48(44-22-10-8-20-42(44)46)45-30-35-29-26-32-13-2-4-16-38(32)47(35)40-18-6-5-17-39(40)45/h1-30H. The van der Waals surface area contributed by atoms with Gasteiger partial charge in [0.25, 0.3) is 0 Å². The van der Waals surface area contributed by atoms with Crippen molar-refractivity contribution < 1.29 is 0 Å². The van der Waals surface area contributed by atoms with Crippen LogP contribution in [0.3, 0.4) is 0 Å². The molecule has 0 nitrogen and oxygen atoms in total. The molecule has 0 N–H and O–H groups in total. The average molecular weight is 607 g/mol. The Morgan fingerprint density at radius 3 is 1.35 bits per heavy atom. The number of hydrogen-bond donors (Lipinski definition) is 0. The summed E-state index contributed by atoms with van der Waals surface area (Å²) in [6, 6.07) is 67.0. The van der Waals surface area contributed by atoms with Gasteiger partial charge in [-0.15, -0.1) is 0 Å². The van der Waals surface area contributed by atoms with Gasteiger partial charge in [0.05, 0.1) is 0 Å². The molecule has 0 unspecified atom stereocenters. The third-order valence-corrected chi connectivity index (χ3v) is 10.2. The molecule has 222 valence electrons. The van der Waals surface area contributed by atoms with E-state index in [1.807, 2.05) is 0 Å². The fourth-order valence-corrected chi connectivity index (χ4v) is 8.11. The minimum atomic E-state index is 1.23. The summed E-state index contributed by atoms with van der Waals surface area (Å²) in [5.74, 6) is 0. The van der Waals surface area contributed by atoms with Crippen LogP contribution in [0.4, 0.5) is 0 Å². The van der Waals surface area contributed by atoms with Gasteiger partial charge in [-0.3, -0.25) is 0 Å². The Bertz CT molecular complexity index is 2810. The molecule has 0 heteroatoms. The van der Waals surface area contributed by atoms with Crippen LogP contribution in [0.5, 0.6) is 0 Å². The van der Waals surface area contributed by atoms with Crippen molar-refractivity contribution in [2.24, 2.45) is 0 Å². The summed E-state index contributed by atoms with van der Waals surface area (Å²) in [7, 11) is 0. The fraction of sp³-hybridized carbons (Fsp3) is 0. The van der Waals surface area contributed by atoms with Gasteiger partial charge in [-0.1, -0.05) is 176 Å². The van der Waals surface area contributed by atoms with E-state index in [1.54, 1.807) is 0 Å². The van der Waals surface area contributed by atoms with E-state index >= 15 is 0 Å². The first-order valence-corrected chi connectivity index (χ1v) is 16.7. The minimum absolute atomic E-state index is 1.23. The molecule has 0 aliphatic heterocycles. The van der Waals surface area contributed by atoms with Gasteiger partial charge in [-0.05, 0) is 104 Å². The van der Waals surface area contributed by atoms with E-state index < -0.39 is 0 Å². The quantitative estimate of drug-likeness (QED) is 0.139. The van der Waals surface area contributed by atoms with Crippen LogP contribution in [-0.4, -0.2) is 0 Å².